The van der Waals surface area contributed by atoms with E-state index in [9.17, 15) is 10.1 Å². The molecule has 1 aliphatic heterocycles. The number of anilines is 1. The molecule has 2 aromatic rings. The van der Waals surface area contributed by atoms with E-state index in [1.807, 2.05) is 31.2 Å². The van der Waals surface area contributed by atoms with Crippen LogP contribution in [-0.2, 0) is 11.3 Å². The fraction of sp³-hybridized carbons (Fsp3) is 0.500. The van der Waals surface area contributed by atoms with Gasteiger partial charge >= 0.3 is 0 Å². The molecule has 0 radical (unpaired) electrons. The van der Waals surface area contributed by atoms with Gasteiger partial charge in [0, 0.05) is 44.5 Å². The molecule has 1 aliphatic carbocycles. The molecule has 172 valence electrons. The first-order valence-corrected chi connectivity index (χ1v) is 11.8. The Morgan fingerprint density at radius 2 is 1.64 bits per heavy atom. The quantitative estimate of drug-likeness (QED) is 0.734. The van der Waals surface area contributed by atoms with Crippen LogP contribution in [0.5, 0.6) is 0 Å². The zero-order valence-corrected chi connectivity index (χ0v) is 19.6. The van der Waals surface area contributed by atoms with Crippen LogP contribution in [0, 0.1) is 36.5 Å². The number of amides is 1. The highest BCUT2D eigenvalue weighted by Gasteiger charge is 2.27. The Bertz CT molecular complexity index is 1070. The summed E-state index contributed by atoms with van der Waals surface area (Å²) in [6.45, 7) is 8.67. The maximum atomic E-state index is 13.0. The number of rotatable bonds is 6. The molecule has 0 atom stereocenters. The Hall–Kier alpha value is -3.13. The van der Waals surface area contributed by atoms with E-state index in [1.54, 1.807) is 0 Å². The fourth-order valence-electron chi connectivity index (χ4n) is 5.13. The van der Waals surface area contributed by atoms with Gasteiger partial charge in [0.15, 0.2) is 0 Å². The van der Waals surface area contributed by atoms with Crippen molar-refractivity contribution in [2.75, 3.05) is 38.0 Å². The number of carbonyl (C=O) groups is 1. The van der Waals surface area contributed by atoms with E-state index >= 15 is 0 Å². The highest BCUT2D eigenvalue weighted by atomic mass is 16.2. The van der Waals surface area contributed by atoms with Crippen LogP contribution < -0.4 is 5.32 Å². The standard InChI is InChI=1S/C26H32N6O/c1-19-20(2)32(23-5-3-4-6-23)26(24(19)16-28)29-25(33)18-31-13-11-30(12-14-31)17-22-9-7-21(15-27)8-10-22/h7-10,23H,3-6,11-14,17-18H2,1-2H3,(H,29,33). The largest absolute Gasteiger partial charge is 0.327 e. The lowest BCUT2D eigenvalue weighted by Gasteiger charge is -2.34. The molecule has 1 aromatic carbocycles. The number of hydrogen-bond donors (Lipinski definition) is 1. The average molecular weight is 445 g/mol. The molecule has 1 N–H and O–H groups in total. The van der Waals surface area contributed by atoms with Crippen molar-refractivity contribution in [3.63, 3.8) is 0 Å². The summed E-state index contributed by atoms with van der Waals surface area (Å²) in [5.74, 6) is 0.632. The molecule has 0 spiro atoms. The Morgan fingerprint density at radius 1 is 1.00 bits per heavy atom. The molecule has 2 heterocycles. The van der Waals surface area contributed by atoms with Crippen LogP contribution in [0.15, 0.2) is 24.3 Å². The number of nitrogens with one attached hydrogen (secondary N) is 1. The van der Waals surface area contributed by atoms with Crippen LogP contribution in [0.3, 0.4) is 0 Å². The van der Waals surface area contributed by atoms with Crippen molar-refractivity contribution >= 4 is 11.7 Å². The molecule has 2 fully saturated rings. The monoisotopic (exact) mass is 444 g/mol. The number of carbonyl (C=O) groups excluding carboxylic acids is 1. The van der Waals surface area contributed by atoms with Crippen LogP contribution >= 0.6 is 0 Å². The lowest BCUT2D eigenvalue weighted by molar-refractivity contribution is -0.117. The van der Waals surface area contributed by atoms with Gasteiger partial charge in [0.1, 0.15) is 11.9 Å². The third kappa shape index (κ3) is 5.11. The lowest BCUT2D eigenvalue weighted by Crippen LogP contribution is -2.48. The number of hydrogen-bond acceptors (Lipinski definition) is 5. The second-order valence-electron chi connectivity index (χ2n) is 9.26. The van der Waals surface area contributed by atoms with Crippen molar-refractivity contribution in [2.24, 2.45) is 0 Å². The zero-order chi connectivity index (χ0) is 23.4. The molecule has 1 amide bonds. The first-order valence-electron chi connectivity index (χ1n) is 11.8. The van der Waals surface area contributed by atoms with Crippen molar-refractivity contribution in [2.45, 2.75) is 52.1 Å². The first-order chi connectivity index (χ1) is 16.0. The van der Waals surface area contributed by atoms with Crippen LogP contribution in [0.2, 0.25) is 0 Å². The molecule has 1 saturated carbocycles. The topological polar surface area (TPSA) is 88.1 Å². The number of aromatic nitrogens is 1. The van der Waals surface area contributed by atoms with Crippen molar-refractivity contribution in [3.05, 3.63) is 52.2 Å². The van der Waals surface area contributed by atoms with Gasteiger partial charge in [0.25, 0.3) is 0 Å². The summed E-state index contributed by atoms with van der Waals surface area (Å²) < 4.78 is 2.20. The van der Waals surface area contributed by atoms with Gasteiger partial charge in [-0.2, -0.15) is 10.5 Å². The summed E-state index contributed by atoms with van der Waals surface area (Å²) in [4.78, 5) is 17.5. The Balaban J connectivity index is 1.34. The van der Waals surface area contributed by atoms with Gasteiger partial charge < -0.3 is 9.88 Å². The summed E-state index contributed by atoms with van der Waals surface area (Å²) in [5.41, 5.74) is 4.53. The van der Waals surface area contributed by atoms with E-state index in [0.717, 1.165) is 56.8 Å². The average Bonchev–Trinajstić information content (AvgIpc) is 3.42. The minimum Gasteiger partial charge on any atom is -0.327 e. The Kier molecular flexibility index (Phi) is 7.13. The fourth-order valence-corrected chi connectivity index (χ4v) is 5.13. The molecular formula is C26H32N6O. The van der Waals surface area contributed by atoms with Gasteiger partial charge in [-0.25, -0.2) is 0 Å². The number of piperazine rings is 1. The Morgan fingerprint density at radius 3 is 2.24 bits per heavy atom. The molecule has 4 rings (SSSR count). The molecule has 0 bridgehead atoms. The number of nitrogens with zero attached hydrogens (tertiary/aromatic N) is 5. The second-order valence-corrected chi connectivity index (χ2v) is 9.26. The maximum absolute atomic E-state index is 13.0. The minimum absolute atomic E-state index is 0.0520. The summed E-state index contributed by atoms with van der Waals surface area (Å²) in [6, 6.07) is 12.6. The normalized spacial score (nSPS) is 17.6. The van der Waals surface area contributed by atoms with E-state index in [0.29, 0.717) is 29.5 Å². The van der Waals surface area contributed by atoms with Gasteiger partial charge in [0.2, 0.25) is 5.91 Å². The van der Waals surface area contributed by atoms with Crippen LogP contribution in [-0.4, -0.2) is 53.0 Å². The van der Waals surface area contributed by atoms with Crippen molar-refractivity contribution < 1.29 is 4.79 Å². The van der Waals surface area contributed by atoms with Crippen molar-refractivity contribution in [1.29, 1.82) is 10.5 Å². The van der Waals surface area contributed by atoms with E-state index in [1.165, 1.54) is 18.4 Å². The Labute approximate surface area is 196 Å². The van der Waals surface area contributed by atoms with Gasteiger partial charge in [-0.1, -0.05) is 25.0 Å². The molecule has 7 nitrogen and oxygen atoms in total. The molecule has 7 heteroatoms. The number of nitriles is 2. The minimum atomic E-state index is -0.0520. The van der Waals surface area contributed by atoms with Crippen LogP contribution in [0.25, 0.3) is 0 Å². The molecule has 0 unspecified atom stereocenters. The summed E-state index contributed by atoms with van der Waals surface area (Å²) in [6.07, 6.45) is 4.60. The molecule has 1 aromatic heterocycles. The summed E-state index contributed by atoms with van der Waals surface area (Å²) in [7, 11) is 0. The van der Waals surface area contributed by atoms with Crippen LogP contribution in [0.4, 0.5) is 5.82 Å². The molecule has 33 heavy (non-hydrogen) atoms. The molecular weight excluding hydrogens is 412 g/mol. The summed E-state index contributed by atoms with van der Waals surface area (Å²) in [5, 5.41) is 21.8. The van der Waals surface area contributed by atoms with Gasteiger partial charge in [0.05, 0.1) is 23.7 Å². The highest BCUT2D eigenvalue weighted by Crippen LogP contribution is 2.37. The van der Waals surface area contributed by atoms with Gasteiger partial charge in [-0.3, -0.25) is 14.6 Å². The van der Waals surface area contributed by atoms with Crippen LogP contribution in [0.1, 0.15) is 59.7 Å². The van der Waals surface area contributed by atoms with Crippen molar-refractivity contribution in [3.8, 4) is 12.1 Å². The van der Waals surface area contributed by atoms with E-state index in [4.69, 9.17) is 5.26 Å². The van der Waals surface area contributed by atoms with Gasteiger partial charge in [-0.05, 0) is 49.9 Å². The molecule has 1 saturated heterocycles. The number of benzene rings is 1. The molecule has 2 aliphatic rings. The first kappa shape index (κ1) is 23.0. The predicted molar refractivity (Wildman–Crippen MR) is 128 cm³/mol. The highest BCUT2D eigenvalue weighted by molar-refractivity contribution is 5.93. The van der Waals surface area contributed by atoms with E-state index in [2.05, 4.69) is 38.7 Å². The second kappa shape index (κ2) is 10.2. The lowest BCUT2D eigenvalue weighted by atomic mass is 10.1. The third-order valence-corrected chi connectivity index (χ3v) is 7.14. The predicted octanol–water partition coefficient (Wildman–Crippen LogP) is 3.72. The SMILES string of the molecule is Cc1c(C#N)c(NC(=O)CN2CCN(Cc3ccc(C#N)cc3)CC2)n(C2CCCC2)c1C. The van der Waals surface area contributed by atoms with E-state index in [-0.39, 0.29) is 5.91 Å². The maximum Gasteiger partial charge on any atom is 0.239 e. The summed E-state index contributed by atoms with van der Waals surface area (Å²) >= 11 is 0. The van der Waals surface area contributed by atoms with E-state index < -0.39 is 0 Å². The third-order valence-electron chi connectivity index (χ3n) is 7.14. The van der Waals surface area contributed by atoms with Crippen molar-refractivity contribution in [1.82, 2.24) is 14.4 Å². The smallest absolute Gasteiger partial charge is 0.239 e. The van der Waals surface area contributed by atoms with Gasteiger partial charge in [-0.15, -0.1) is 0 Å². The zero-order valence-electron chi connectivity index (χ0n) is 19.6.